The highest BCUT2D eigenvalue weighted by Crippen LogP contribution is 2.33. The van der Waals surface area contributed by atoms with Crippen molar-refractivity contribution in [1.29, 1.82) is 0 Å². The number of nitrogens with one attached hydrogen (secondary N) is 1. The maximum Gasteiger partial charge on any atom is 0.249 e. The average Bonchev–Trinajstić information content (AvgIpc) is 3.06. The summed E-state index contributed by atoms with van der Waals surface area (Å²) in [6, 6.07) is -0.0839. The third-order valence-corrected chi connectivity index (χ3v) is 4.53. The normalized spacial score (nSPS) is 25.9. The van der Waals surface area contributed by atoms with E-state index in [0.717, 1.165) is 0 Å². The zero-order valence-corrected chi connectivity index (χ0v) is 12.5. The van der Waals surface area contributed by atoms with E-state index >= 15 is 0 Å². The molecule has 1 aromatic rings. The summed E-state index contributed by atoms with van der Waals surface area (Å²) in [5, 5.41) is 7.10. The van der Waals surface area contributed by atoms with Crippen molar-refractivity contribution in [2.75, 3.05) is 7.05 Å². The lowest BCUT2D eigenvalue weighted by atomic mass is 9.92. The Labute approximate surface area is 127 Å². The first-order valence-corrected chi connectivity index (χ1v) is 7.64. The van der Waals surface area contributed by atoms with E-state index in [1.54, 1.807) is 11.9 Å². The SMILES string of the molecule is CN1C(=O)CC[C@H]1c1nc(CNC2CCC(F)(F)CC2)no1. The quantitative estimate of drug-likeness (QED) is 0.921. The van der Waals surface area contributed by atoms with Crippen LogP contribution in [0.15, 0.2) is 4.52 Å². The number of hydrogen-bond acceptors (Lipinski definition) is 5. The van der Waals surface area contributed by atoms with Gasteiger partial charge in [-0.2, -0.15) is 4.98 Å². The van der Waals surface area contributed by atoms with Crippen molar-refractivity contribution < 1.29 is 18.1 Å². The van der Waals surface area contributed by atoms with Crippen LogP contribution in [-0.2, 0) is 11.3 Å². The first-order valence-electron chi connectivity index (χ1n) is 7.64. The number of likely N-dealkylation sites (tertiary alicyclic amines) is 1. The molecule has 8 heteroatoms. The van der Waals surface area contributed by atoms with Gasteiger partial charge in [-0.25, -0.2) is 8.78 Å². The zero-order chi connectivity index (χ0) is 15.7. The smallest absolute Gasteiger partial charge is 0.249 e. The first-order chi connectivity index (χ1) is 10.4. The number of alkyl halides is 2. The van der Waals surface area contributed by atoms with Crippen LogP contribution >= 0.6 is 0 Å². The standard InChI is InChI=1S/C14H20F2N4O2/c1-20-10(2-3-12(20)21)13-18-11(19-22-13)8-17-9-4-6-14(15,16)7-5-9/h9-10,17H,2-8H2,1H3/t10-/m0/s1. The summed E-state index contributed by atoms with van der Waals surface area (Å²) in [5.74, 6) is -1.50. The Balaban J connectivity index is 1.51. The average molecular weight is 314 g/mol. The Morgan fingerprint density at radius 3 is 2.73 bits per heavy atom. The van der Waals surface area contributed by atoms with Gasteiger partial charge in [-0.1, -0.05) is 5.16 Å². The molecule has 1 atom stereocenters. The molecule has 0 spiro atoms. The fraction of sp³-hybridized carbons (Fsp3) is 0.786. The molecule has 1 aromatic heterocycles. The molecule has 6 nitrogen and oxygen atoms in total. The Kier molecular flexibility index (Phi) is 4.12. The molecule has 2 aliphatic rings. The van der Waals surface area contributed by atoms with Crippen LogP contribution in [0, 0.1) is 0 Å². The Morgan fingerprint density at radius 1 is 1.36 bits per heavy atom. The molecule has 0 aromatic carbocycles. The van der Waals surface area contributed by atoms with Gasteiger partial charge in [0.25, 0.3) is 0 Å². The molecule has 2 fully saturated rings. The maximum atomic E-state index is 13.1. The number of carbonyl (C=O) groups is 1. The van der Waals surface area contributed by atoms with Crippen LogP contribution in [0.4, 0.5) is 8.78 Å². The Bertz CT molecular complexity index is 539. The van der Waals surface area contributed by atoms with Crippen molar-refractivity contribution in [3.05, 3.63) is 11.7 Å². The molecule has 1 aliphatic heterocycles. The third kappa shape index (κ3) is 3.26. The van der Waals surface area contributed by atoms with Gasteiger partial charge in [-0.15, -0.1) is 0 Å². The molecule has 1 N–H and O–H groups in total. The summed E-state index contributed by atoms with van der Waals surface area (Å²) in [7, 11) is 1.73. The second-order valence-corrected chi connectivity index (χ2v) is 6.12. The van der Waals surface area contributed by atoms with Gasteiger partial charge in [0, 0.05) is 32.4 Å². The highest BCUT2D eigenvalue weighted by atomic mass is 19.3. The maximum absolute atomic E-state index is 13.1. The summed E-state index contributed by atoms with van der Waals surface area (Å²) in [6.45, 7) is 0.393. The molecule has 1 saturated heterocycles. The number of rotatable bonds is 4. The van der Waals surface area contributed by atoms with E-state index in [1.807, 2.05) is 0 Å². The summed E-state index contributed by atoms with van der Waals surface area (Å²) >= 11 is 0. The molecule has 3 rings (SSSR count). The van der Waals surface area contributed by atoms with Crippen LogP contribution in [0.3, 0.4) is 0 Å². The molecule has 122 valence electrons. The van der Waals surface area contributed by atoms with Gasteiger partial charge < -0.3 is 14.7 Å². The molecule has 1 aliphatic carbocycles. The molecule has 0 unspecified atom stereocenters. The van der Waals surface area contributed by atoms with Gasteiger partial charge in [0.05, 0.1) is 6.54 Å². The Morgan fingerprint density at radius 2 is 2.09 bits per heavy atom. The van der Waals surface area contributed by atoms with E-state index in [-0.39, 0.29) is 30.8 Å². The largest absolute Gasteiger partial charge is 0.337 e. The van der Waals surface area contributed by atoms with E-state index in [9.17, 15) is 13.6 Å². The number of carbonyl (C=O) groups excluding carboxylic acids is 1. The molecule has 22 heavy (non-hydrogen) atoms. The van der Waals surface area contributed by atoms with Gasteiger partial charge in [0.1, 0.15) is 6.04 Å². The highest BCUT2D eigenvalue weighted by molar-refractivity contribution is 5.78. The minimum atomic E-state index is -2.52. The minimum Gasteiger partial charge on any atom is -0.337 e. The van der Waals surface area contributed by atoms with Crippen molar-refractivity contribution in [1.82, 2.24) is 20.4 Å². The van der Waals surface area contributed by atoms with Crippen LogP contribution in [-0.4, -0.2) is 40.0 Å². The minimum absolute atomic E-state index is 0.0670. The lowest BCUT2D eigenvalue weighted by molar-refractivity contribution is -0.127. The summed E-state index contributed by atoms with van der Waals surface area (Å²) < 4.78 is 31.4. The number of hydrogen-bond donors (Lipinski definition) is 1. The number of aromatic nitrogens is 2. The molecule has 0 bridgehead atoms. The van der Waals surface area contributed by atoms with Gasteiger partial charge in [0.15, 0.2) is 5.82 Å². The van der Waals surface area contributed by atoms with Crippen LogP contribution in [0.2, 0.25) is 0 Å². The van der Waals surface area contributed by atoms with Crippen LogP contribution in [0.25, 0.3) is 0 Å². The first kappa shape index (κ1) is 15.3. The number of halogens is 2. The zero-order valence-electron chi connectivity index (χ0n) is 12.5. The summed E-state index contributed by atoms with van der Waals surface area (Å²) in [6.07, 6.45) is 1.94. The van der Waals surface area contributed by atoms with Crippen molar-refractivity contribution in [3.63, 3.8) is 0 Å². The summed E-state index contributed by atoms with van der Waals surface area (Å²) in [4.78, 5) is 17.4. The van der Waals surface area contributed by atoms with Crippen LogP contribution in [0.1, 0.15) is 56.3 Å². The predicted molar refractivity (Wildman–Crippen MR) is 73.1 cm³/mol. The van der Waals surface area contributed by atoms with Crippen molar-refractivity contribution >= 4 is 5.91 Å². The predicted octanol–water partition coefficient (Wildman–Crippen LogP) is 2.03. The second-order valence-electron chi connectivity index (χ2n) is 6.12. The summed E-state index contributed by atoms with van der Waals surface area (Å²) in [5.41, 5.74) is 0. The van der Waals surface area contributed by atoms with Gasteiger partial charge in [-0.05, 0) is 19.3 Å². The topological polar surface area (TPSA) is 71.3 Å². The van der Waals surface area contributed by atoms with Crippen LogP contribution < -0.4 is 5.32 Å². The van der Waals surface area contributed by atoms with Crippen LogP contribution in [0.5, 0.6) is 0 Å². The van der Waals surface area contributed by atoms with Gasteiger partial charge in [-0.3, -0.25) is 4.79 Å². The van der Waals surface area contributed by atoms with Gasteiger partial charge >= 0.3 is 0 Å². The van der Waals surface area contributed by atoms with E-state index in [0.29, 0.717) is 43.9 Å². The second kappa shape index (κ2) is 5.91. The fourth-order valence-electron chi connectivity index (χ4n) is 3.05. The lowest BCUT2D eigenvalue weighted by Gasteiger charge is -2.28. The Hall–Kier alpha value is -1.57. The molecule has 2 heterocycles. The molecular weight excluding hydrogens is 294 g/mol. The molecular formula is C14H20F2N4O2. The van der Waals surface area contributed by atoms with Gasteiger partial charge in [0.2, 0.25) is 17.7 Å². The van der Waals surface area contributed by atoms with Crippen molar-refractivity contribution in [2.45, 2.75) is 63.1 Å². The fourth-order valence-corrected chi connectivity index (χ4v) is 3.05. The monoisotopic (exact) mass is 314 g/mol. The third-order valence-electron chi connectivity index (χ3n) is 4.53. The highest BCUT2D eigenvalue weighted by Gasteiger charge is 2.35. The molecule has 0 radical (unpaired) electrons. The van der Waals surface area contributed by atoms with E-state index in [2.05, 4.69) is 15.5 Å². The molecule has 1 amide bonds. The number of nitrogens with zero attached hydrogens (tertiary/aromatic N) is 3. The van der Waals surface area contributed by atoms with E-state index in [1.165, 1.54) is 0 Å². The lowest BCUT2D eigenvalue weighted by Crippen LogP contribution is -2.36. The molecule has 1 saturated carbocycles. The van der Waals surface area contributed by atoms with Crippen molar-refractivity contribution in [2.24, 2.45) is 0 Å². The number of amides is 1. The van der Waals surface area contributed by atoms with E-state index in [4.69, 9.17) is 4.52 Å². The van der Waals surface area contributed by atoms with Crippen molar-refractivity contribution in [3.8, 4) is 0 Å². The van der Waals surface area contributed by atoms with E-state index < -0.39 is 5.92 Å².